The van der Waals surface area contributed by atoms with E-state index in [0.717, 1.165) is 22.5 Å². The first-order chi connectivity index (χ1) is 8.98. The van der Waals surface area contributed by atoms with Crippen molar-refractivity contribution in [3.05, 3.63) is 24.0 Å². The smallest absolute Gasteiger partial charge is 0.231 e. The van der Waals surface area contributed by atoms with Crippen LogP contribution in [0.15, 0.2) is 18.2 Å². The number of H-pyrrole nitrogens is 1. The minimum Gasteiger partial charge on any atom is -0.342 e. The molecule has 0 radical (unpaired) electrons. The van der Waals surface area contributed by atoms with Gasteiger partial charge in [-0.25, -0.2) is 4.98 Å². The number of hydrogen-bond acceptors (Lipinski definition) is 3. The lowest BCUT2D eigenvalue weighted by atomic mass is 9.86. The maximum atomic E-state index is 12.2. The average Bonchev–Trinajstić information content (AvgIpc) is 2.77. The number of rotatable bonds is 4. The number of fused-ring (bicyclic) bond motifs is 1. The summed E-state index contributed by atoms with van der Waals surface area (Å²) in [4.78, 5) is 19.7. The second kappa shape index (κ2) is 5.01. The van der Waals surface area contributed by atoms with Crippen LogP contribution < -0.4 is 11.1 Å². The Morgan fingerprint density at radius 3 is 2.89 bits per heavy atom. The fourth-order valence-corrected chi connectivity index (χ4v) is 1.89. The fourth-order valence-electron chi connectivity index (χ4n) is 1.89. The van der Waals surface area contributed by atoms with Crippen LogP contribution in [0.3, 0.4) is 0 Å². The predicted molar refractivity (Wildman–Crippen MR) is 76.9 cm³/mol. The van der Waals surface area contributed by atoms with Crippen molar-refractivity contribution in [1.82, 2.24) is 9.97 Å². The van der Waals surface area contributed by atoms with E-state index >= 15 is 0 Å². The molecule has 1 unspecified atom stereocenters. The van der Waals surface area contributed by atoms with Crippen molar-refractivity contribution in [2.75, 3.05) is 11.9 Å². The quantitative estimate of drug-likeness (QED) is 0.787. The first-order valence-electron chi connectivity index (χ1n) is 6.46. The molecule has 4 N–H and O–H groups in total. The van der Waals surface area contributed by atoms with Gasteiger partial charge in [-0.05, 0) is 38.5 Å². The number of benzene rings is 1. The zero-order chi connectivity index (χ0) is 14.0. The number of aryl methyl sites for hydroxylation is 1. The van der Waals surface area contributed by atoms with Crippen LogP contribution in [0.5, 0.6) is 0 Å². The van der Waals surface area contributed by atoms with E-state index in [2.05, 4.69) is 15.3 Å². The zero-order valence-electron chi connectivity index (χ0n) is 11.6. The van der Waals surface area contributed by atoms with Crippen molar-refractivity contribution in [2.45, 2.75) is 27.2 Å². The Morgan fingerprint density at radius 1 is 1.53 bits per heavy atom. The first-order valence-corrected chi connectivity index (χ1v) is 6.46. The number of imidazole rings is 1. The van der Waals surface area contributed by atoms with Gasteiger partial charge < -0.3 is 16.0 Å². The summed E-state index contributed by atoms with van der Waals surface area (Å²) in [5.41, 5.74) is 7.73. The van der Waals surface area contributed by atoms with E-state index in [1.165, 1.54) is 0 Å². The van der Waals surface area contributed by atoms with Crippen molar-refractivity contribution in [3.8, 4) is 0 Å². The molecule has 0 saturated carbocycles. The third kappa shape index (κ3) is 2.61. The Balaban J connectivity index is 2.23. The van der Waals surface area contributed by atoms with Gasteiger partial charge >= 0.3 is 0 Å². The number of carbonyl (C=O) groups excluding carboxylic acids is 1. The Labute approximate surface area is 112 Å². The van der Waals surface area contributed by atoms with Crippen LogP contribution in [0.4, 0.5) is 5.69 Å². The van der Waals surface area contributed by atoms with Crippen molar-refractivity contribution in [2.24, 2.45) is 11.1 Å². The van der Waals surface area contributed by atoms with Gasteiger partial charge in [-0.2, -0.15) is 0 Å². The van der Waals surface area contributed by atoms with Crippen LogP contribution in [-0.2, 0) is 4.79 Å². The molecule has 0 spiro atoms. The summed E-state index contributed by atoms with van der Waals surface area (Å²) in [5.74, 6) is 0.812. The topological polar surface area (TPSA) is 83.8 Å². The molecule has 1 amide bonds. The van der Waals surface area contributed by atoms with Gasteiger partial charge in [-0.1, -0.05) is 6.92 Å². The Kier molecular flexibility index (Phi) is 3.57. The zero-order valence-corrected chi connectivity index (χ0v) is 11.6. The summed E-state index contributed by atoms with van der Waals surface area (Å²) in [7, 11) is 0. The fraction of sp³-hybridized carbons (Fsp3) is 0.429. The van der Waals surface area contributed by atoms with E-state index in [4.69, 9.17) is 5.73 Å². The van der Waals surface area contributed by atoms with Crippen LogP contribution in [0.1, 0.15) is 26.1 Å². The normalized spacial score (nSPS) is 14.3. The van der Waals surface area contributed by atoms with E-state index in [1.807, 2.05) is 39.0 Å². The number of amides is 1. The van der Waals surface area contributed by atoms with Crippen LogP contribution >= 0.6 is 0 Å². The summed E-state index contributed by atoms with van der Waals surface area (Å²) in [6, 6.07) is 5.63. The summed E-state index contributed by atoms with van der Waals surface area (Å²) in [6.45, 7) is 6.08. The van der Waals surface area contributed by atoms with Crippen LogP contribution in [0.25, 0.3) is 11.0 Å². The Bertz CT molecular complexity index is 599. The highest BCUT2D eigenvalue weighted by Crippen LogP contribution is 2.23. The number of carbonyl (C=O) groups is 1. The van der Waals surface area contributed by atoms with Gasteiger partial charge in [0.1, 0.15) is 5.82 Å². The van der Waals surface area contributed by atoms with E-state index in [-0.39, 0.29) is 5.91 Å². The molecule has 1 aromatic heterocycles. The molecule has 0 saturated heterocycles. The molecule has 1 atom stereocenters. The maximum Gasteiger partial charge on any atom is 0.231 e. The van der Waals surface area contributed by atoms with E-state index < -0.39 is 5.41 Å². The lowest BCUT2D eigenvalue weighted by Crippen LogP contribution is -2.39. The molecule has 5 nitrogen and oxygen atoms in total. The highest BCUT2D eigenvalue weighted by atomic mass is 16.2. The Hall–Kier alpha value is -1.88. The lowest BCUT2D eigenvalue weighted by molar-refractivity contribution is -0.124. The number of aromatic nitrogens is 2. The molecule has 2 aromatic rings. The standard InChI is InChI=1S/C14H20N4O/c1-4-14(3,8-15)13(19)18-10-5-6-11-12(7-10)17-9(2)16-11/h5-7H,4,8,15H2,1-3H3,(H,16,17)(H,18,19). The van der Waals surface area contributed by atoms with Crippen molar-refractivity contribution < 1.29 is 4.79 Å². The molecule has 1 aromatic carbocycles. The molecule has 0 aliphatic carbocycles. The van der Waals surface area contributed by atoms with Gasteiger partial charge in [-0.15, -0.1) is 0 Å². The number of nitrogens with two attached hydrogens (primary N) is 1. The van der Waals surface area contributed by atoms with Gasteiger partial charge in [0.2, 0.25) is 5.91 Å². The predicted octanol–water partition coefficient (Wildman–Crippen LogP) is 2.18. The van der Waals surface area contributed by atoms with E-state index in [1.54, 1.807) is 0 Å². The number of nitrogens with zero attached hydrogens (tertiary/aromatic N) is 1. The molecule has 5 heteroatoms. The molecule has 1 heterocycles. The van der Waals surface area contributed by atoms with Crippen LogP contribution in [-0.4, -0.2) is 22.4 Å². The number of nitrogens with one attached hydrogen (secondary N) is 2. The highest BCUT2D eigenvalue weighted by molar-refractivity contribution is 5.96. The van der Waals surface area contributed by atoms with Crippen LogP contribution in [0, 0.1) is 12.3 Å². The molecule has 0 aliphatic heterocycles. The van der Waals surface area contributed by atoms with Crippen molar-refractivity contribution >= 4 is 22.6 Å². The largest absolute Gasteiger partial charge is 0.342 e. The molecule has 2 rings (SSSR count). The third-order valence-electron chi connectivity index (χ3n) is 3.64. The second-order valence-electron chi connectivity index (χ2n) is 5.13. The first kappa shape index (κ1) is 13.5. The van der Waals surface area contributed by atoms with Gasteiger partial charge in [0, 0.05) is 12.2 Å². The van der Waals surface area contributed by atoms with Gasteiger partial charge in [0.25, 0.3) is 0 Å². The molecule has 0 bridgehead atoms. The Morgan fingerprint density at radius 2 is 2.26 bits per heavy atom. The number of aromatic amines is 1. The van der Waals surface area contributed by atoms with Gasteiger partial charge in [-0.3, -0.25) is 4.79 Å². The minimum atomic E-state index is -0.529. The maximum absolute atomic E-state index is 12.2. The lowest BCUT2D eigenvalue weighted by Gasteiger charge is -2.24. The average molecular weight is 260 g/mol. The summed E-state index contributed by atoms with van der Waals surface area (Å²) in [5, 5.41) is 2.92. The monoisotopic (exact) mass is 260 g/mol. The highest BCUT2D eigenvalue weighted by Gasteiger charge is 2.29. The van der Waals surface area contributed by atoms with E-state index in [9.17, 15) is 4.79 Å². The minimum absolute atomic E-state index is 0.0481. The summed E-state index contributed by atoms with van der Waals surface area (Å²) >= 11 is 0. The van der Waals surface area contributed by atoms with Crippen molar-refractivity contribution in [1.29, 1.82) is 0 Å². The van der Waals surface area contributed by atoms with E-state index in [0.29, 0.717) is 13.0 Å². The SMILES string of the molecule is CCC(C)(CN)C(=O)Nc1ccc2nc(C)[nH]c2c1. The molecular formula is C14H20N4O. The van der Waals surface area contributed by atoms with Crippen molar-refractivity contribution in [3.63, 3.8) is 0 Å². The van der Waals surface area contributed by atoms with Gasteiger partial charge in [0.15, 0.2) is 0 Å². The molecule has 19 heavy (non-hydrogen) atoms. The van der Waals surface area contributed by atoms with Gasteiger partial charge in [0.05, 0.1) is 16.4 Å². The summed E-state index contributed by atoms with van der Waals surface area (Å²) < 4.78 is 0. The summed E-state index contributed by atoms with van der Waals surface area (Å²) in [6.07, 6.45) is 0.709. The third-order valence-corrected chi connectivity index (χ3v) is 3.64. The number of hydrogen-bond donors (Lipinski definition) is 3. The van der Waals surface area contributed by atoms with Crippen LogP contribution in [0.2, 0.25) is 0 Å². The molecule has 0 aliphatic rings. The molecule has 0 fully saturated rings. The molecule has 102 valence electrons. The second-order valence-corrected chi connectivity index (χ2v) is 5.13. The molecular weight excluding hydrogens is 240 g/mol. The number of anilines is 1.